The van der Waals surface area contributed by atoms with Crippen LogP contribution in [0, 0.1) is 0 Å². The predicted molar refractivity (Wildman–Crippen MR) is 51.8 cm³/mol. The first-order chi connectivity index (χ1) is 4.61. The second-order valence-corrected chi connectivity index (χ2v) is 3.35. The second kappa shape index (κ2) is 7.67. The zero-order chi connectivity index (χ0) is 7.61. The van der Waals surface area contributed by atoms with Gasteiger partial charge in [0.25, 0.3) is 0 Å². The van der Waals surface area contributed by atoms with E-state index in [-0.39, 0.29) is 42.2 Å². The summed E-state index contributed by atoms with van der Waals surface area (Å²) in [5.41, 5.74) is 1.34. The third-order valence-electron chi connectivity index (χ3n) is 1.53. The molecule has 1 aromatic carbocycles. The van der Waals surface area contributed by atoms with E-state index >= 15 is 0 Å². The van der Waals surface area contributed by atoms with Crippen molar-refractivity contribution in [2.45, 2.75) is 0 Å². The normalized spacial score (nSPS) is 8.85. The fourth-order valence-electron chi connectivity index (χ4n) is 0.875. The van der Waals surface area contributed by atoms with E-state index in [4.69, 9.17) is 0 Å². The minimum Gasteiger partial charge on any atom is -1.00 e. The van der Waals surface area contributed by atoms with Crippen LogP contribution < -0.4 is 29.3 Å². The third-order valence-corrected chi connectivity index (χ3v) is 1.53. The van der Waals surface area contributed by atoms with Crippen molar-refractivity contribution in [1.82, 2.24) is 4.48 Å². The standard InChI is InChI=1S/C9H14N.Al.2ClH/c1-10(2,3)9-7-5-4-6-8-9;;;/h4-8H,1-3H3;;2*1H/q2*+1;;/p-2. The molecule has 0 atom stereocenters. The molecule has 1 nitrogen and oxygen atoms in total. The molecule has 1 rings (SSSR count). The SMILES string of the molecule is C[N+](C)(C)c1ccccc1.[Al+].[Cl-].[Cl-]. The fourth-order valence-corrected chi connectivity index (χ4v) is 0.875. The molecule has 0 aliphatic carbocycles. The summed E-state index contributed by atoms with van der Waals surface area (Å²) < 4.78 is 0.890. The van der Waals surface area contributed by atoms with Gasteiger partial charge in [0.2, 0.25) is 0 Å². The monoisotopic (exact) mass is 233 g/mol. The molecule has 0 aromatic heterocycles. The predicted octanol–water partition coefficient (Wildman–Crippen LogP) is -4.49. The molecule has 1 aromatic rings. The summed E-state index contributed by atoms with van der Waals surface area (Å²) in [6, 6.07) is 10.5. The number of nitrogens with zero attached hydrogens (tertiary/aromatic N) is 1. The molecule has 0 unspecified atom stereocenters. The number of para-hydroxylation sites is 1. The fraction of sp³-hybridized carbons (Fsp3) is 0.333. The van der Waals surface area contributed by atoms with Crippen LogP contribution in [-0.2, 0) is 0 Å². The molecule has 0 amide bonds. The average molecular weight is 234 g/mol. The van der Waals surface area contributed by atoms with E-state index < -0.39 is 0 Å². The van der Waals surface area contributed by atoms with Crippen molar-refractivity contribution >= 4 is 23.0 Å². The van der Waals surface area contributed by atoms with Crippen molar-refractivity contribution in [2.24, 2.45) is 0 Å². The minimum absolute atomic E-state index is 0. The number of hydrogen-bond donors (Lipinski definition) is 0. The molecular weight excluding hydrogens is 220 g/mol. The van der Waals surface area contributed by atoms with Crippen LogP contribution in [0.1, 0.15) is 0 Å². The smallest absolute Gasteiger partial charge is 1.00 e. The number of quaternary nitrogens is 1. The summed E-state index contributed by atoms with van der Waals surface area (Å²) in [7, 11) is 6.49. The third kappa shape index (κ3) is 6.37. The van der Waals surface area contributed by atoms with Crippen LogP contribution in [-0.4, -0.2) is 38.5 Å². The van der Waals surface area contributed by atoms with Crippen LogP contribution in [0.15, 0.2) is 30.3 Å². The molecule has 4 heteroatoms. The molecule has 0 N–H and O–H groups in total. The van der Waals surface area contributed by atoms with Gasteiger partial charge >= 0.3 is 17.4 Å². The molecule has 0 fully saturated rings. The average Bonchev–Trinajstić information content (AvgIpc) is 1.88. The Kier molecular flexibility index (Phi) is 11.2. The molecule has 72 valence electrons. The molecule has 0 aliphatic rings. The van der Waals surface area contributed by atoms with Gasteiger partial charge in [0.15, 0.2) is 0 Å². The molecule has 2 radical (unpaired) electrons. The number of benzene rings is 1. The molecule has 0 aliphatic heterocycles. The van der Waals surface area contributed by atoms with E-state index in [0.717, 1.165) is 4.48 Å². The maximum Gasteiger partial charge on any atom is 1.00 e. The van der Waals surface area contributed by atoms with Crippen LogP contribution in [0.5, 0.6) is 0 Å². The Balaban J connectivity index is -0.000000333. The summed E-state index contributed by atoms with van der Waals surface area (Å²) >= 11 is 0. The zero-order valence-corrected chi connectivity index (χ0v) is 10.8. The van der Waals surface area contributed by atoms with Crippen LogP contribution >= 0.6 is 0 Å². The molecule has 0 bridgehead atoms. The van der Waals surface area contributed by atoms with Gasteiger partial charge in [-0.3, -0.25) is 4.48 Å². The minimum atomic E-state index is 0. The Hall–Kier alpha value is 0.292. The van der Waals surface area contributed by atoms with Crippen LogP contribution in [0.2, 0.25) is 0 Å². The summed E-state index contributed by atoms with van der Waals surface area (Å²) in [5, 5.41) is 0. The first kappa shape index (κ1) is 19.0. The summed E-state index contributed by atoms with van der Waals surface area (Å²) in [4.78, 5) is 0. The van der Waals surface area contributed by atoms with E-state index in [0.29, 0.717) is 0 Å². The molecule has 0 spiro atoms. The van der Waals surface area contributed by atoms with Gasteiger partial charge in [0.1, 0.15) is 5.69 Å². The van der Waals surface area contributed by atoms with Gasteiger partial charge in [0, 0.05) is 0 Å². The first-order valence-corrected chi connectivity index (χ1v) is 3.48. The van der Waals surface area contributed by atoms with Gasteiger partial charge in [0.05, 0.1) is 21.1 Å². The van der Waals surface area contributed by atoms with Crippen molar-refractivity contribution in [2.75, 3.05) is 21.1 Å². The van der Waals surface area contributed by atoms with Gasteiger partial charge in [-0.25, -0.2) is 0 Å². The first-order valence-electron chi connectivity index (χ1n) is 3.48. The zero-order valence-electron chi connectivity index (χ0n) is 8.17. The van der Waals surface area contributed by atoms with E-state index in [1.54, 1.807) is 0 Å². The summed E-state index contributed by atoms with van der Waals surface area (Å²) in [6.45, 7) is 0. The molecule has 0 saturated carbocycles. The Morgan fingerprint density at radius 1 is 0.846 bits per heavy atom. The van der Waals surface area contributed by atoms with Gasteiger partial charge in [-0.2, -0.15) is 0 Å². The Morgan fingerprint density at radius 3 is 1.46 bits per heavy atom. The maximum absolute atomic E-state index is 2.16. The molecule has 13 heavy (non-hydrogen) atoms. The van der Waals surface area contributed by atoms with Gasteiger partial charge in [-0.1, -0.05) is 18.2 Å². The van der Waals surface area contributed by atoms with Crippen LogP contribution in [0.4, 0.5) is 5.69 Å². The van der Waals surface area contributed by atoms with Gasteiger partial charge < -0.3 is 24.8 Å². The van der Waals surface area contributed by atoms with E-state index in [2.05, 4.69) is 45.4 Å². The number of halogens is 2. The van der Waals surface area contributed by atoms with Crippen molar-refractivity contribution in [1.29, 1.82) is 0 Å². The number of hydrogen-bond acceptors (Lipinski definition) is 0. The van der Waals surface area contributed by atoms with E-state index in [1.165, 1.54) is 5.69 Å². The van der Waals surface area contributed by atoms with Gasteiger partial charge in [-0.05, 0) is 12.1 Å². The van der Waals surface area contributed by atoms with Crippen molar-refractivity contribution in [3.63, 3.8) is 0 Å². The quantitative estimate of drug-likeness (QED) is 0.339. The van der Waals surface area contributed by atoms with E-state index in [9.17, 15) is 0 Å². The Morgan fingerprint density at radius 2 is 1.23 bits per heavy atom. The summed E-state index contributed by atoms with van der Waals surface area (Å²) in [6.07, 6.45) is 0. The largest absolute Gasteiger partial charge is 1.00 e. The Bertz CT molecular complexity index is 209. The van der Waals surface area contributed by atoms with Crippen molar-refractivity contribution < 1.29 is 24.8 Å². The van der Waals surface area contributed by atoms with Crippen molar-refractivity contribution in [3.8, 4) is 0 Å². The van der Waals surface area contributed by atoms with Gasteiger partial charge in [-0.15, -0.1) is 0 Å². The van der Waals surface area contributed by atoms with Crippen LogP contribution in [0.25, 0.3) is 0 Å². The van der Waals surface area contributed by atoms with E-state index in [1.807, 2.05) is 6.07 Å². The van der Waals surface area contributed by atoms with Crippen LogP contribution in [0.3, 0.4) is 0 Å². The maximum atomic E-state index is 2.16. The Labute approximate surface area is 104 Å². The molecular formula is C9H14AlCl2N. The second-order valence-electron chi connectivity index (χ2n) is 3.35. The number of rotatable bonds is 1. The summed E-state index contributed by atoms with van der Waals surface area (Å²) in [5.74, 6) is 0. The molecule has 0 saturated heterocycles. The molecule has 0 heterocycles. The van der Waals surface area contributed by atoms with Crippen molar-refractivity contribution in [3.05, 3.63) is 30.3 Å². The topological polar surface area (TPSA) is 0 Å².